The molecule has 2 N–H and O–H groups in total. The van der Waals surface area contributed by atoms with Gasteiger partial charge in [-0.05, 0) is 43.7 Å². The Morgan fingerprint density at radius 3 is 2.65 bits per heavy atom. The van der Waals surface area contributed by atoms with Gasteiger partial charge in [-0.2, -0.15) is 0 Å². The van der Waals surface area contributed by atoms with Crippen LogP contribution in [-0.2, 0) is 0 Å². The minimum absolute atomic E-state index is 0.196. The summed E-state index contributed by atoms with van der Waals surface area (Å²) in [7, 11) is 0. The van der Waals surface area contributed by atoms with E-state index in [0.29, 0.717) is 12.1 Å². The number of carbonyl (C=O) groups is 1. The number of amides is 1. The lowest BCUT2D eigenvalue weighted by Crippen LogP contribution is -2.15. The summed E-state index contributed by atoms with van der Waals surface area (Å²) in [5.41, 5.74) is 2.32. The first kappa shape index (κ1) is 14.1. The summed E-state index contributed by atoms with van der Waals surface area (Å²) in [5.74, 6) is -0.768. The number of hydrogen-bond acceptors (Lipinski definition) is 2. The lowest BCUT2D eigenvalue weighted by atomic mass is 10.1. The molecule has 0 aliphatic rings. The number of nitrogens with one attached hydrogen (secondary N) is 2. The van der Waals surface area contributed by atoms with Gasteiger partial charge in [0.15, 0.2) is 0 Å². The SMILES string of the molecule is CCNc1ccccc1C(=O)Nc1cc(C)ccc1F. The fraction of sp³-hybridized carbons (Fsp3) is 0.188. The van der Waals surface area contributed by atoms with E-state index in [4.69, 9.17) is 0 Å². The maximum absolute atomic E-state index is 13.7. The number of benzene rings is 2. The van der Waals surface area contributed by atoms with E-state index in [-0.39, 0.29) is 11.6 Å². The summed E-state index contributed by atoms with van der Waals surface area (Å²) in [4.78, 5) is 12.3. The number of carbonyl (C=O) groups excluding carboxylic acids is 1. The average molecular weight is 272 g/mol. The Bertz CT molecular complexity index is 626. The molecule has 2 aromatic rings. The minimum Gasteiger partial charge on any atom is -0.385 e. The predicted molar refractivity (Wildman–Crippen MR) is 79.7 cm³/mol. The fourth-order valence-electron chi connectivity index (χ4n) is 1.95. The Labute approximate surface area is 117 Å². The second-order valence-electron chi connectivity index (χ2n) is 4.51. The Hall–Kier alpha value is -2.36. The molecule has 104 valence electrons. The van der Waals surface area contributed by atoms with Crippen LogP contribution in [0.3, 0.4) is 0 Å². The van der Waals surface area contributed by atoms with Gasteiger partial charge in [0.1, 0.15) is 5.82 Å². The molecule has 2 rings (SSSR count). The van der Waals surface area contributed by atoms with Crippen LogP contribution in [0.2, 0.25) is 0 Å². The van der Waals surface area contributed by atoms with Gasteiger partial charge in [-0.15, -0.1) is 0 Å². The molecule has 20 heavy (non-hydrogen) atoms. The van der Waals surface area contributed by atoms with Crippen LogP contribution in [0.25, 0.3) is 0 Å². The molecule has 2 aromatic carbocycles. The summed E-state index contributed by atoms with van der Waals surface area (Å²) in [6.07, 6.45) is 0. The van der Waals surface area contributed by atoms with Crippen molar-refractivity contribution in [3.8, 4) is 0 Å². The molecule has 0 spiro atoms. The fourth-order valence-corrected chi connectivity index (χ4v) is 1.95. The molecular weight excluding hydrogens is 255 g/mol. The molecule has 3 nitrogen and oxygen atoms in total. The quantitative estimate of drug-likeness (QED) is 0.888. The first-order valence-electron chi connectivity index (χ1n) is 6.52. The van der Waals surface area contributed by atoms with Gasteiger partial charge in [0.25, 0.3) is 5.91 Å². The van der Waals surface area contributed by atoms with Gasteiger partial charge in [0.2, 0.25) is 0 Å². The van der Waals surface area contributed by atoms with Crippen LogP contribution in [0.1, 0.15) is 22.8 Å². The highest BCUT2D eigenvalue weighted by Crippen LogP contribution is 2.20. The third-order valence-electron chi connectivity index (χ3n) is 2.91. The average Bonchev–Trinajstić information content (AvgIpc) is 2.44. The maximum Gasteiger partial charge on any atom is 0.257 e. The monoisotopic (exact) mass is 272 g/mol. The molecular formula is C16H17FN2O. The van der Waals surface area contributed by atoms with Gasteiger partial charge in [0.05, 0.1) is 11.3 Å². The largest absolute Gasteiger partial charge is 0.385 e. The van der Waals surface area contributed by atoms with Crippen molar-refractivity contribution in [3.63, 3.8) is 0 Å². The molecule has 0 radical (unpaired) electrons. The van der Waals surface area contributed by atoms with E-state index in [9.17, 15) is 9.18 Å². The Kier molecular flexibility index (Phi) is 4.35. The number of anilines is 2. The number of aryl methyl sites for hydroxylation is 1. The van der Waals surface area contributed by atoms with E-state index in [1.54, 1.807) is 24.3 Å². The Morgan fingerprint density at radius 2 is 1.90 bits per heavy atom. The van der Waals surface area contributed by atoms with Gasteiger partial charge in [-0.1, -0.05) is 18.2 Å². The number of hydrogen-bond donors (Lipinski definition) is 2. The second kappa shape index (κ2) is 6.19. The molecule has 0 aromatic heterocycles. The van der Waals surface area contributed by atoms with E-state index in [1.807, 2.05) is 26.0 Å². The van der Waals surface area contributed by atoms with Gasteiger partial charge in [0, 0.05) is 12.2 Å². The second-order valence-corrected chi connectivity index (χ2v) is 4.51. The topological polar surface area (TPSA) is 41.1 Å². The predicted octanol–water partition coefficient (Wildman–Crippen LogP) is 3.82. The first-order valence-corrected chi connectivity index (χ1v) is 6.52. The van der Waals surface area contributed by atoms with E-state index >= 15 is 0 Å². The van der Waals surface area contributed by atoms with Crippen LogP contribution in [0.4, 0.5) is 15.8 Å². The maximum atomic E-state index is 13.7. The third-order valence-corrected chi connectivity index (χ3v) is 2.91. The lowest BCUT2D eigenvalue weighted by molar-refractivity contribution is 0.102. The normalized spacial score (nSPS) is 10.2. The van der Waals surface area contributed by atoms with Crippen LogP contribution in [0.15, 0.2) is 42.5 Å². The van der Waals surface area contributed by atoms with Gasteiger partial charge >= 0.3 is 0 Å². The summed E-state index contributed by atoms with van der Waals surface area (Å²) in [6.45, 7) is 4.51. The zero-order valence-corrected chi connectivity index (χ0v) is 11.5. The van der Waals surface area contributed by atoms with Crippen molar-refractivity contribution in [2.75, 3.05) is 17.2 Å². The van der Waals surface area contributed by atoms with E-state index in [0.717, 1.165) is 11.3 Å². The van der Waals surface area contributed by atoms with E-state index in [1.165, 1.54) is 6.07 Å². The molecule has 1 amide bonds. The zero-order valence-electron chi connectivity index (χ0n) is 11.5. The van der Waals surface area contributed by atoms with Crippen molar-refractivity contribution in [1.29, 1.82) is 0 Å². The molecule has 0 bridgehead atoms. The van der Waals surface area contributed by atoms with Crippen molar-refractivity contribution < 1.29 is 9.18 Å². The zero-order chi connectivity index (χ0) is 14.5. The molecule has 0 heterocycles. The molecule has 0 aliphatic carbocycles. The van der Waals surface area contributed by atoms with Crippen LogP contribution in [0, 0.1) is 12.7 Å². The highest BCUT2D eigenvalue weighted by molar-refractivity contribution is 6.08. The molecule has 0 unspecified atom stereocenters. The number of halogens is 1. The van der Waals surface area contributed by atoms with Gasteiger partial charge in [-0.25, -0.2) is 4.39 Å². The highest BCUT2D eigenvalue weighted by Gasteiger charge is 2.12. The van der Waals surface area contributed by atoms with Crippen LogP contribution in [-0.4, -0.2) is 12.5 Å². The summed E-state index contributed by atoms with van der Waals surface area (Å²) in [6, 6.07) is 11.8. The first-order chi connectivity index (χ1) is 9.61. The molecule has 0 aliphatic heterocycles. The highest BCUT2D eigenvalue weighted by atomic mass is 19.1. The van der Waals surface area contributed by atoms with Gasteiger partial charge < -0.3 is 10.6 Å². The van der Waals surface area contributed by atoms with Crippen molar-refractivity contribution in [2.45, 2.75) is 13.8 Å². The third kappa shape index (κ3) is 3.15. The lowest BCUT2D eigenvalue weighted by Gasteiger charge is -2.11. The van der Waals surface area contributed by atoms with E-state index < -0.39 is 5.82 Å². The van der Waals surface area contributed by atoms with Crippen molar-refractivity contribution in [3.05, 3.63) is 59.4 Å². The summed E-state index contributed by atoms with van der Waals surface area (Å²) in [5, 5.41) is 5.73. The van der Waals surface area contributed by atoms with Crippen LogP contribution < -0.4 is 10.6 Å². The van der Waals surface area contributed by atoms with Crippen LogP contribution in [0.5, 0.6) is 0 Å². The van der Waals surface area contributed by atoms with Gasteiger partial charge in [-0.3, -0.25) is 4.79 Å². The smallest absolute Gasteiger partial charge is 0.257 e. The summed E-state index contributed by atoms with van der Waals surface area (Å²) >= 11 is 0. The Morgan fingerprint density at radius 1 is 1.15 bits per heavy atom. The van der Waals surface area contributed by atoms with Crippen LogP contribution >= 0.6 is 0 Å². The Balaban J connectivity index is 2.26. The van der Waals surface area contributed by atoms with Crippen molar-refractivity contribution in [1.82, 2.24) is 0 Å². The molecule has 4 heteroatoms. The standard InChI is InChI=1S/C16H17FN2O/c1-3-18-14-7-5-4-6-12(14)16(20)19-15-10-11(2)8-9-13(15)17/h4-10,18H,3H2,1-2H3,(H,19,20). The van der Waals surface area contributed by atoms with Crippen molar-refractivity contribution >= 4 is 17.3 Å². The molecule has 0 saturated heterocycles. The molecule has 0 atom stereocenters. The molecule has 0 saturated carbocycles. The van der Waals surface area contributed by atoms with E-state index in [2.05, 4.69) is 10.6 Å². The summed E-state index contributed by atoms with van der Waals surface area (Å²) < 4.78 is 13.7. The van der Waals surface area contributed by atoms with Crippen molar-refractivity contribution in [2.24, 2.45) is 0 Å². The number of para-hydroxylation sites is 1. The molecule has 0 fully saturated rings. The number of rotatable bonds is 4. The minimum atomic E-state index is -0.440.